The van der Waals surface area contributed by atoms with Crippen molar-refractivity contribution >= 4 is 5.97 Å². The Morgan fingerprint density at radius 2 is 2.08 bits per heavy atom. The predicted octanol–water partition coefficient (Wildman–Crippen LogP) is 2.70. The van der Waals surface area contributed by atoms with Crippen LogP contribution in [-0.2, 0) is 14.6 Å². The summed E-state index contributed by atoms with van der Waals surface area (Å²) in [6, 6.07) is 0. The zero-order valence-corrected chi connectivity index (χ0v) is 8.84. The van der Waals surface area contributed by atoms with E-state index >= 15 is 0 Å². The van der Waals surface area contributed by atoms with Crippen molar-refractivity contribution in [2.24, 2.45) is 5.92 Å². The summed E-state index contributed by atoms with van der Waals surface area (Å²) in [4.78, 5) is 19.6. The van der Waals surface area contributed by atoms with E-state index in [0.717, 1.165) is 12.8 Å². The Morgan fingerprint density at radius 3 is 2.54 bits per heavy atom. The molecule has 0 aliphatic heterocycles. The van der Waals surface area contributed by atoms with E-state index in [1.807, 2.05) is 0 Å². The number of hydrogen-bond donors (Lipinski definition) is 0. The molecular weight excluding hydrogens is 168 g/mol. The molecule has 3 heteroatoms. The summed E-state index contributed by atoms with van der Waals surface area (Å²) in [5, 5.41) is 0. The van der Waals surface area contributed by atoms with Crippen molar-refractivity contribution in [3.63, 3.8) is 0 Å². The standard InChI is InChI=1S/C10H20O3/c1-4-6-7-10(5-2)8-12-13-9(3)11/h10H,4-8H2,1-3H3. The summed E-state index contributed by atoms with van der Waals surface area (Å²) in [7, 11) is 0. The van der Waals surface area contributed by atoms with E-state index in [1.54, 1.807) is 0 Å². The summed E-state index contributed by atoms with van der Waals surface area (Å²) >= 11 is 0. The maximum Gasteiger partial charge on any atom is 0.339 e. The van der Waals surface area contributed by atoms with Crippen LogP contribution >= 0.6 is 0 Å². The van der Waals surface area contributed by atoms with Crippen LogP contribution < -0.4 is 0 Å². The molecule has 1 atom stereocenters. The van der Waals surface area contributed by atoms with Crippen LogP contribution in [0.15, 0.2) is 0 Å². The largest absolute Gasteiger partial charge is 0.339 e. The molecule has 78 valence electrons. The van der Waals surface area contributed by atoms with E-state index in [2.05, 4.69) is 18.7 Å². The van der Waals surface area contributed by atoms with E-state index < -0.39 is 0 Å². The van der Waals surface area contributed by atoms with Gasteiger partial charge in [-0.25, -0.2) is 4.79 Å². The van der Waals surface area contributed by atoms with Gasteiger partial charge in [0.15, 0.2) is 0 Å². The first-order valence-electron chi connectivity index (χ1n) is 5.00. The third kappa shape index (κ3) is 7.78. The summed E-state index contributed by atoms with van der Waals surface area (Å²) < 4.78 is 0. The second kappa shape index (κ2) is 8.05. The summed E-state index contributed by atoms with van der Waals surface area (Å²) in [5.74, 6) is 0.129. The van der Waals surface area contributed by atoms with Gasteiger partial charge in [0.1, 0.15) is 0 Å². The molecule has 1 unspecified atom stereocenters. The van der Waals surface area contributed by atoms with Gasteiger partial charge in [-0.2, -0.15) is 4.89 Å². The predicted molar refractivity (Wildman–Crippen MR) is 51.0 cm³/mol. The molecule has 0 heterocycles. The zero-order chi connectivity index (χ0) is 10.1. The SMILES string of the molecule is CCCCC(CC)COOC(C)=O. The average Bonchev–Trinajstić information content (AvgIpc) is 2.10. The first kappa shape index (κ1) is 12.4. The molecule has 0 bridgehead atoms. The van der Waals surface area contributed by atoms with E-state index in [9.17, 15) is 4.79 Å². The Labute approximate surface area is 80.3 Å². The van der Waals surface area contributed by atoms with Gasteiger partial charge in [-0.1, -0.05) is 33.1 Å². The highest BCUT2D eigenvalue weighted by Gasteiger charge is 2.07. The van der Waals surface area contributed by atoms with Gasteiger partial charge >= 0.3 is 5.97 Å². The zero-order valence-electron chi connectivity index (χ0n) is 8.84. The highest BCUT2D eigenvalue weighted by atomic mass is 17.2. The molecule has 0 aromatic heterocycles. The lowest BCUT2D eigenvalue weighted by Crippen LogP contribution is -2.11. The van der Waals surface area contributed by atoms with Crippen molar-refractivity contribution < 1.29 is 14.6 Å². The Balaban J connectivity index is 3.41. The molecule has 0 radical (unpaired) electrons. The van der Waals surface area contributed by atoms with Crippen molar-refractivity contribution in [1.82, 2.24) is 0 Å². The molecule has 0 amide bonds. The van der Waals surface area contributed by atoms with Gasteiger partial charge in [0.05, 0.1) is 6.61 Å². The van der Waals surface area contributed by atoms with Gasteiger partial charge in [-0.3, -0.25) is 4.89 Å². The van der Waals surface area contributed by atoms with Crippen LogP contribution in [0.25, 0.3) is 0 Å². The normalized spacial score (nSPS) is 12.5. The number of carbonyl (C=O) groups excluding carboxylic acids is 1. The maximum absolute atomic E-state index is 10.4. The van der Waals surface area contributed by atoms with Gasteiger partial charge in [-0.05, 0) is 12.3 Å². The molecule has 0 aliphatic rings. The topological polar surface area (TPSA) is 35.5 Å². The summed E-state index contributed by atoms with van der Waals surface area (Å²) in [6.07, 6.45) is 4.63. The fourth-order valence-electron chi connectivity index (χ4n) is 1.11. The fraction of sp³-hybridized carbons (Fsp3) is 0.900. The van der Waals surface area contributed by atoms with Crippen LogP contribution in [0.2, 0.25) is 0 Å². The number of carbonyl (C=O) groups is 1. The van der Waals surface area contributed by atoms with Crippen molar-refractivity contribution in [3.8, 4) is 0 Å². The molecular formula is C10H20O3. The molecule has 0 aliphatic carbocycles. The van der Waals surface area contributed by atoms with Crippen LogP contribution in [0.5, 0.6) is 0 Å². The van der Waals surface area contributed by atoms with Crippen molar-refractivity contribution in [1.29, 1.82) is 0 Å². The number of hydrogen-bond acceptors (Lipinski definition) is 3. The average molecular weight is 188 g/mol. The van der Waals surface area contributed by atoms with Crippen LogP contribution in [-0.4, -0.2) is 12.6 Å². The van der Waals surface area contributed by atoms with Crippen molar-refractivity contribution in [3.05, 3.63) is 0 Å². The van der Waals surface area contributed by atoms with Crippen LogP contribution in [0.1, 0.15) is 46.5 Å². The van der Waals surface area contributed by atoms with Gasteiger partial charge < -0.3 is 0 Å². The third-order valence-electron chi connectivity index (χ3n) is 2.02. The highest BCUT2D eigenvalue weighted by molar-refractivity contribution is 5.65. The van der Waals surface area contributed by atoms with Gasteiger partial charge in [0.25, 0.3) is 0 Å². The number of rotatable bonds is 7. The first-order valence-corrected chi connectivity index (χ1v) is 5.00. The summed E-state index contributed by atoms with van der Waals surface area (Å²) in [5.41, 5.74) is 0. The smallest absolute Gasteiger partial charge is 0.299 e. The molecule has 13 heavy (non-hydrogen) atoms. The van der Waals surface area contributed by atoms with Gasteiger partial charge in [0, 0.05) is 6.92 Å². The third-order valence-corrected chi connectivity index (χ3v) is 2.02. The minimum Gasteiger partial charge on any atom is -0.299 e. The minimum absolute atomic E-state index is 0.384. The monoisotopic (exact) mass is 188 g/mol. The molecule has 0 aromatic rings. The molecule has 0 fully saturated rings. The lowest BCUT2D eigenvalue weighted by molar-refractivity contribution is -0.276. The first-order chi connectivity index (χ1) is 6.20. The minimum atomic E-state index is -0.384. The molecule has 0 N–H and O–H groups in total. The Hall–Kier alpha value is -0.570. The Morgan fingerprint density at radius 1 is 1.38 bits per heavy atom. The van der Waals surface area contributed by atoms with Gasteiger partial charge in [-0.15, -0.1) is 0 Å². The van der Waals surface area contributed by atoms with E-state index in [4.69, 9.17) is 4.89 Å². The van der Waals surface area contributed by atoms with E-state index in [1.165, 1.54) is 19.8 Å². The Bertz CT molecular complexity index is 134. The van der Waals surface area contributed by atoms with Gasteiger partial charge in [0.2, 0.25) is 0 Å². The fourth-order valence-corrected chi connectivity index (χ4v) is 1.11. The molecule has 0 saturated carbocycles. The molecule has 0 rings (SSSR count). The second-order valence-corrected chi connectivity index (χ2v) is 3.28. The molecule has 3 nitrogen and oxygen atoms in total. The summed E-state index contributed by atoms with van der Waals surface area (Å²) in [6.45, 7) is 6.15. The van der Waals surface area contributed by atoms with Crippen LogP contribution in [0.4, 0.5) is 0 Å². The number of unbranched alkanes of at least 4 members (excludes halogenated alkanes) is 1. The lowest BCUT2D eigenvalue weighted by Gasteiger charge is -2.12. The quantitative estimate of drug-likeness (QED) is 0.455. The molecule has 0 saturated heterocycles. The Kier molecular flexibility index (Phi) is 7.69. The van der Waals surface area contributed by atoms with Crippen molar-refractivity contribution in [2.75, 3.05) is 6.61 Å². The van der Waals surface area contributed by atoms with E-state index in [0.29, 0.717) is 12.5 Å². The van der Waals surface area contributed by atoms with Crippen LogP contribution in [0, 0.1) is 5.92 Å². The van der Waals surface area contributed by atoms with Crippen LogP contribution in [0.3, 0.4) is 0 Å². The highest BCUT2D eigenvalue weighted by Crippen LogP contribution is 2.12. The second-order valence-electron chi connectivity index (χ2n) is 3.28. The molecule has 0 aromatic carbocycles. The van der Waals surface area contributed by atoms with Crippen molar-refractivity contribution in [2.45, 2.75) is 46.5 Å². The lowest BCUT2D eigenvalue weighted by atomic mass is 10.0. The maximum atomic E-state index is 10.4. The van der Waals surface area contributed by atoms with E-state index in [-0.39, 0.29) is 5.97 Å². The molecule has 0 spiro atoms.